The van der Waals surface area contributed by atoms with Crippen molar-refractivity contribution in [2.24, 2.45) is 5.73 Å². The molecule has 0 spiro atoms. The van der Waals surface area contributed by atoms with Gasteiger partial charge in [-0.25, -0.2) is 0 Å². The van der Waals surface area contributed by atoms with Crippen LogP contribution in [0.2, 0.25) is 0 Å². The molecule has 0 radical (unpaired) electrons. The Morgan fingerprint density at radius 2 is 1.85 bits per heavy atom. The quantitative estimate of drug-likeness (QED) is 0.903. The number of hydrogen-bond acceptors (Lipinski definition) is 3. The number of benzene rings is 2. The highest BCUT2D eigenvalue weighted by Crippen LogP contribution is 2.27. The van der Waals surface area contributed by atoms with E-state index in [4.69, 9.17) is 15.2 Å². The van der Waals surface area contributed by atoms with Crippen LogP contribution in [-0.2, 0) is 6.61 Å². The molecule has 0 aliphatic rings. The summed E-state index contributed by atoms with van der Waals surface area (Å²) in [5, 5.41) is 0. The Kier molecular flexibility index (Phi) is 4.64. The molecule has 106 valence electrons. The first-order valence-corrected chi connectivity index (χ1v) is 6.72. The van der Waals surface area contributed by atoms with Crippen molar-refractivity contribution in [3.05, 3.63) is 59.2 Å². The van der Waals surface area contributed by atoms with Crippen LogP contribution in [0, 0.1) is 6.92 Å². The maximum atomic E-state index is 6.00. The normalized spacial score (nSPS) is 12.0. The highest BCUT2D eigenvalue weighted by Gasteiger charge is 2.10. The van der Waals surface area contributed by atoms with E-state index in [9.17, 15) is 0 Å². The summed E-state index contributed by atoms with van der Waals surface area (Å²) in [5.41, 5.74) is 9.23. The van der Waals surface area contributed by atoms with Gasteiger partial charge in [0.2, 0.25) is 0 Å². The van der Waals surface area contributed by atoms with E-state index in [0.29, 0.717) is 6.61 Å². The van der Waals surface area contributed by atoms with Crippen LogP contribution in [0.25, 0.3) is 0 Å². The molecule has 0 bridgehead atoms. The monoisotopic (exact) mass is 271 g/mol. The van der Waals surface area contributed by atoms with E-state index < -0.39 is 0 Å². The molecule has 0 aliphatic carbocycles. The van der Waals surface area contributed by atoms with Gasteiger partial charge in [-0.15, -0.1) is 0 Å². The van der Waals surface area contributed by atoms with Crippen molar-refractivity contribution in [3.63, 3.8) is 0 Å². The van der Waals surface area contributed by atoms with Gasteiger partial charge in [0.05, 0.1) is 7.11 Å². The Morgan fingerprint density at radius 1 is 1.10 bits per heavy atom. The van der Waals surface area contributed by atoms with Crippen LogP contribution in [0.15, 0.2) is 42.5 Å². The van der Waals surface area contributed by atoms with E-state index in [1.807, 2.05) is 43.3 Å². The molecule has 2 N–H and O–H groups in total. The number of ether oxygens (including phenoxy) is 2. The highest BCUT2D eigenvalue weighted by atomic mass is 16.5. The van der Waals surface area contributed by atoms with Gasteiger partial charge in [-0.05, 0) is 26.0 Å². The SMILES string of the molecule is COc1ccccc1COc1ccc(C)cc1[C@H](C)N. The molecular weight excluding hydrogens is 250 g/mol. The lowest BCUT2D eigenvalue weighted by molar-refractivity contribution is 0.292. The van der Waals surface area contributed by atoms with Gasteiger partial charge in [0, 0.05) is 17.2 Å². The zero-order valence-corrected chi connectivity index (χ0v) is 12.2. The molecule has 0 saturated heterocycles. The number of para-hydroxylation sites is 1. The number of rotatable bonds is 5. The Morgan fingerprint density at radius 3 is 2.55 bits per heavy atom. The molecule has 0 fully saturated rings. The fourth-order valence-electron chi connectivity index (χ4n) is 2.13. The van der Waals surface area contributed by atoms with Gasteiger partial charge in [0.15, 0.2) is 0 Å². The summed E-state index contributed by atoms with van der Waals surface area (Å²) in [6.45, 7) is 4.48. The lowest BCUT2D eigenvalue weighted by Gasteiger charge is -2.16. The van der Waals surface area contributed by atoms with Crippen LogP contribution in [-0.4, -0.2) is 7.11 Å². The largest absolute Gasteiger partial charge is 0.496 e. The highest BCUT2D eigenvalue weighted by molar-refractivity contribution is 5.39. The Balaban J connectivity index is 2.19. The standard InChI is InChI=1S/C17H21NO2/c1-12-8-9-17(15(10-12)13(2)18)20-11-14-6-4-5-7-16(14)19-3/h4-10,13H,11,18H2,1-3H3/t13-/m0/s1. The van der Waals surface area contributed by atoms with Crippen LogP contribution in [0.1, 0.15) is 29.7 Å². The van der Waals surface area contributed by atoms with Crippen LogP contribution in [0.4, 0.5) is 0 Å². The van der Waals surface area contributed by atoms with Crippen molar-refractivity contribution in [3.8, 4) is 11.5 Å². The third kappa shape index (κ3) is 3.31. The molecule has 0 aromatic heterocycles. The molecule has 3 heteroatoms. The summed E-state index contributed by atoms with van der Waals surface area (Å²) in [4.78, 5) is 0. The second kappa shape index (κ2) is 6.44. The number of hydrogen-bond donors (Lipinski definition) is 1. The first kappa shape index (κ1) is 14.4. The summed E-state index contributed by atoms with van der Waals surface area (Å²) in [6.07, 6.45) is 0. The maximum absolute atomic E-state index is 6.00. The summed E-state index contributed by atoms with van der Waals surface area (Å²) in [6, 6.07) is 13.9. The smallest absolute Gasteiger partial charge is 0.125 e. The van der Waals surface area contributed by atoms with Gasteiger partial charge < -0.3 is 15.2 Å². The van der Waals surface area contributed by atoms with Crippen LogP contribution in [0.5, 0.6) is 11.5 Å². The average Bonchev–Trinajstić information content (AvgIpc) is 2.46. The van der Waals surface area contributed by atoms with Crippen LogP contribution in [0.3, 0.4) is 0 Å². The minimum absolute atomic E-state index is 0.0532. The topological polar surface area (TPSA) is 44.5 Å². The summed E-state index contributed by atoms with van der Waals surface area (Å²) < 4.78 is 11.2. The summed E-state index contributed by atoms with van der Waals surface area (Å²) >= 11 is 0. The Bertz CT molecular complexity index is 579. The van der Waals surface area contributed by atoms with Crippen molar-refractivity contribution in [1.29, 1.82) is 0 Å². The van der Waals surface area contributed by atoms with E-state index in [1.165, 1.54) is 5.56 Å². The first-order valence-electron chi connectivity index (χ1n) is 6.72. The number of aryl methyl sites for hydroxylation is 1. The molecule has 0 heterocycles. The Labute approximate surface area is 120 Å². The zero-order valence-electron chi connectivity index (χ0n) is 12.2. The predicted molar refractivity (Wildman–Crippen MR) is 81.1 cm³/mol. The first-order chi connectivity index (χ1) is 9.61. The molecule has 0 saturated carbocycles. The Hall–Kier alpha value is -2.00. The van der Waals surface area contributed by atoms with Crippen molar-refractivity contribution >= 4 is 0 Å². The molecule has 3 nitrogen and oxygen atoms in total. The van der Waals surface area contributed by atoms with Gasteiger partial charge >= 0.3 is 0 Å². The van der Waals surface area contributed by atoms with Crippen molar-refractivity contribution in [2.75, 3.05) is 7.11 Å². The third-order valence-electron chi connectivity index (χ3n) is 3.23. The molecular formula is C17H21NO2. The zero-order chi connectivity index (χ0) is 14.5. The molecule has 20 heavy (non-hydrogen) atoms. The van der Waals surface area contributed by atoms with Gasteiger partial charge in [-0.1, -0.05) is 35.9 Å². The molecule has 2 aromatic rings. The van der Waals surface area contributed by atoms with Crippen molar-refractivity contribution in [2.45, 2.75) is 26.5 Å². The van der Waals surface area contributed by atoms with Crippen LogP contribution >= 0.6 is 0 Å². The molecule has 0 unspecified atom stereocenters. The molecule has 2 rings (SSSR count). The fraction of sp³-hybridized carbons (Fsp3) is 0.294. The van der Waals surface area contributed by atoms with Gasteiger partial charge in [0.25, 0.3) is 0 Å². The van der Waals surface area contributed by atoms with E-state index in [-0.39, 0.29) is 6.04 Å². The second-order valence-electron chi connectivity index (χ2n) is 4.93. The van der Waals surface area contributed by atoms with E-state index in [0.717, 1.165) is 22.6 Å². The molecule has 0 amide bonds. The minimum Gasteiger partial charge on any atom is -0.496 e. The third-order valence-corrected chi connectivity index (χ3v) is 3.23. The van der Waals surface area contributed by atoms with Gasteiger partial charge in [-0.2, -0.15) is 0 Å². The van der Waals surface area contributed by atoms with Crippen LogP contribution < -0.4 is 15.2 Å². The predicted octanol–water partition coefficient (Wildman–Crippen LogP) is 3.60. The van der Waals surface area contributed by atoms with Gasteiger partial charge in [-0.3, -0.25) is 0 Å². The van der Waals surface area contributed by atoms with Crippen molar-refractivity contribution in [1.82, 2.24) is 0 Å². The lowest BCUT2D eigenvalue weighted by Crippen LogP contribution is -2.08. The van der Waals surface area contributed by atoms with E-state index in [2.05, 4.69) is 13.0 Å². The summed E-state index contributed by atoms with van der Waals surface area (Å²) in [5.74, 6) is 1.67. The lowest BCUT2D eigenvalue weighted by atomic mass is 10.1. The summed E-state index contributed by atoms with van der Waals surface area (Å²) in [7, 11) is 1.66. The number of methoxy groups -OCH3 is 1. The van der Waals surface area contributed by atoms with E-state index >= 15 is 0 Å². The minimum atomic E-state index is -0.0532. The fourth-order valence-corrected chi connectivity index (χ4v) is 2.13. The van der Waals surface area contributed by atoms with E-state index in [1.54, 1.807) is 7.11 Å². The van der Waals surface area contributed by atoms with Gasteiger partial charge in [0.1, 0.15) is 18.1 Å². The maximum Gasteiger partial charge on any atom is 0.125 e. The number of nitrogens with two attached hydrogens (primary N) is 1. The molecule has 1 atom stereocenters. The second-order valence-corrected chi connectivity index (χ2v) is 4.93. The molecule has 0 aliphatic heterocycles. The van der Waals surface area contributed by atoms with Crippen molar-refractivity contribution < 1.29 is 9.47 Å². The average molecular weight is 271 g/mol. The molecule has 2 aromatic carbocycles.